The van der Waals surface area contributed by atoms with Gasteiger partial charge in [0.05, 0.1) is 41.2 Å². The Labute approximate surface area is 173 Å². The first-order valence-corrected chi connectivity index (χ1v) is 10.7. The summed E-state index contributed by atoms with van der Waals surface area (Å²) in [5.74, 6) is -0.380. The van der Waals surface area contributed by atoms with Crippen LogP contribution < -0.4 is 4.74 Å². The standard InChI is InChI=1S/C21H21FN4O3S/c1-21(2,3)30(27,28)18-13-25-16(12-23-19(25)10-17(18)29-4)15-11-24-26(20(15)22)14-8-6-5-7-9-14/h5-13H,1-4H3. The van der Waals surface area contributed by atoms with Gasteiger partial charge >= 0.3 is 0 Å². The van der Waals surface area contributed by atoms with E-state index in [9.17, 15) is 8.42 Å². The topological polar surface area (TPSA) is 78.5 Å². The first kappa shape index (κ1) is 20.1. The molecule has 30 heavy (non-hydrogen) atoms. The molecular weight excluding hydrogens is 407 g/mol. The van der Waals surface area contributed by atoms with Crippen LogP contribution in [0.1, 0.15) is 20.8 Å². The van der Waals surface area contributed by atoms with Gasteiger partial charge in [-0.2, -0.15) is 9.49 Å². The van der Waals surface area contributed by atoms with Gasteiger partial charge in [-0.05, 0) is 32.9 Å². The molecule has 0 aliphatic carbocycles. The van der Waals surface area contributed by atoms with Gasteiger partial charge in [0.15, 0.2) is 9.84 Å². The van der Waals surface area contributed by atoms with Crippen LogP contribution in [0, 0.1) is 5.95 Å². The lowest BCUT2D eigenvalue weighted by Crippen LogP contribution is -2.28. The molecule has 0 atom stereocenters. The largest absolute Gasteiger partial charge is 0.495 e. The summed E-state index contributed by atoms with van der Waals surface area (Å²) in [5.41, 5.74) is 1.60. The number of sulfone groups is 1. The van der Waals surface area contributed by atoms with Crippen molar-refractivity contribution in [3.63, 3.8) is 0 Å². The molecule has 4 aromatic rings. The Morgan fingerprint density at radius 2 is 1.80 bits per heavy atom. The van der Waals surface area contributed by atoms with E-state index in [0.717, 1.165) is 0 Å². The second-order valence-electron chi connectivity index (χ2n) is 7.79. The maximum Gasteiger partial charge on any atom is 0.225 e. The fourth-order valence-electron chi connectivity index (χ4n) is 3.13. The monoisotopic (exact) mass is 428 g/mol. The zero-order chi connectivity index (χ0) is 21.7. The predicted octanol–water partition coefficient (Wildman–Crippen LogP) is 3.91. The molecule has 0 amide bonds. The molecule has 0 bridgehead atoms. The van der Waals surface area contributed by atoms with Gasteiger partial charge in [0.25, 0.3) is 0 Å². The highest BCUT2D eigenvalue weighted by Crippen LogP contribution is 2.34. The van der Waals surface area contributed by atoms with E-state index in [1.807, 2.05) is 6.07 Å². The zero-order valence-electron chi connectivity index (χ0n) is 17.0. The smallest absolute Gasteiger partial charge is 0.225 e. The van der Waals surface area contributed by atoms with E-state index >= 15 is 4.39 Å². The van der Waals surface area contributed by atoms with Crippen LogP contribution in [0.3, 0.4) is 0 Å². The molecule has 0 aliphatic heterocycles. The number of rotatable bonds is 4. The van der Waals surface area contributed by atoms with Crippen molar-refractivity contribution in [2.45, 2.75) is 30.4 Å². The molecule has 0 spiro atoms. The van der Waals surface area contributed by atoms with Crippen molar-refractivity contribution < 1.29 is 17.5 Å². The number of methoxy groups -OCH3 is 1. The van der Waals surface area contributed by atoms with Gasteiger partial charge in [-0.1, -0.05) is 18.2 Å². The third kappa shape index (κ3) is 3.06. The molecule has 0 aliphatic rings. The summed E-state index contributed by atoms with van der Waals surface area (Å²) in [6.07, 6.45) is 4.31. The first-order chi connectivity index (χ1) is 14.1. The van der Waals surface area contributed by atoms with Crippen molar-refractivity contribution in [1.82, 2.24) is 19.2 Å². The Bertz CT molecular complexity index is 1340. The number of hydrogen-bond donors (Lipinski definition) is 0. The van der Waals surface area contributed by atoms with E-state index in [1.165, 1.54) is 40.8 Å². The van der Waals surface area contributed by atoms with Gasteiger partial charge in [-0.15, -0.1) is 0 Å². The molecular formula is C21H21FN4O3S. The van der Waals surface area contributed by atoms with Crippen LogP contribution in [-0.2, 0) is 9.84 Å². The van der Waals surface area contributed by atoms with Crippen molar-refractivity contribution in [3.8, 4) is 22.7 Å². The lowest BCUT2D eigenvalue weighted by atomic mass is 10.2. The third-order valence-corrected chi connectivity index (χ3v) is 7.38. The number of benzene rings is 1. The summed E-state index contributed by atoms with van der Waals surface area (Å²) >= 11 is 0. The summed E-state index contributed by atoms with van der Waals surface area (Å²) in [6.45, 7) is 4.85. The molecule has 0 N–H and O–H groups in total. The van der Waals surface area contributed by atoms with E-state index in [1.54, 1.807) is 45.0 Å². The fourth-order valence-corrected chi connectivity index (χ4v) is 4.44. The molecule has 7 nitrogen and oxygen atoms in total. The van der Waals surface area contributed by atoms with Gasteiger partial charge in [-0.25, -0.2) is 18.1 Å². The summed E-state index contributed by atoms with van der Waals surface area (Å²) < 4.78 is 48.4. The number of aromatic nitrogens is 4. The highest BCUT2D eigenvalue weighted by Gasteiger charge is 2.34. The highest BCUT2D eigenvalue weighted by atomic mass is 32.2. The number of imidazole rings is 1. The molecule has 3 aromatic heterocycles. The van der Waals surface area contributed by atoms with Crippen LogP contribution in [-0.4, -0.2) is 39.4 Å². The molecule has 0 radical (unpaired) electrons. The third-order valence-electron chi connectivity index (χ3n) is 4.88. The predicted molar refractivity (Wildman–Crippen MR) is 111 cm³/mol. The fraction of sp³-hybridized carbons (Fsp3) is 0.238. The maximum absolute atomic E-state index is 15.2. The van der Waals surface area contributed by atoms with Crippen molar-refractivity contribution in [2.24, 2.45) is 0 Å². The molecule has 4 rings (SSSR count). The number of nitrogens with zero attached hydrogens (tertiary/aromatic N) is 4. The highest BCUT2D eigenvalue weighted by molar-refractivity contribution is 7.92. The number of halogens is 1. The molecule has 3 heterocycles. The minimum absolute atomic E-state index is 0.0140. The summed E-state index contributed by atoms with van der Waals surface area (Å²) in [4.78, 5) is 4.31. The van der Waals surface area contributed by atoms with E-state index in [4.69, 9.17) is 4.74 Å². The molecule has 0 unspecified atom stereocenters. The van der Waals surface area contributed by atoms with Crippen LogP contribution in [0.5, 0.6) is 5.75 Å². The number of hydrogen-bond acceptors (Lipinski definition) is 5. The molecule has 9 heteroatoms. The number of fused-ring (bicyclic) bond motifs is 1. The van der Waals surface area contributed by atoms with Gasteiger partial charge in [0, 0.05) is 12.3 Å². The Hall–Kier alpha value is -3.20. The summed E-state index contributed by atoms with van der Waals surface area (Å²) in [7, 11) is -2.32. The number of ether oxygens (including phenoxy) is 1. The molecule has 1 aromatic carbocycles. The molecule has 0 saturated carbocycles. The van der Waals surface area contributed by atoms with Gasteiger partial charge < -0.3 is 4.74 Å². The normalized spacial score (nSPS) is 12.4. The summed E-state index contributed by atoms with van der Waals surface area (Å²) in [6, 6.07) is 10.4. The number of para-hydroxylation sites is 1. The van der Waals surface area contributed by atoms with E-state index in [0.29, 0.717) is 17.0 Å². The lowest BCUT2D eigenvalue weighted by Gasteiger charge is -2.21. The van der Waals surface area contributed by atoms with Crippen LogP contribution in [0.4, 0.5) is 4.39 Å². The van der Waals surface area contributed by atoms with Gasteiger partial charge in [0.2, 0.25) is 5.95 Å². The number of pyridine rings is 1. The van der Waals surface area contributed by atoms with E-state index in [-0.39, 0.29) is 16.2 Å². The SMILES string of the molecule is COc1cc2ncc(-c3cnn(-c4ccccc4)c3F)n2cc1S(=O)(=O)C(C)(C)C. The Kier molecular flexibility index (Phi) is 4.65. The average molecular weight is 428 g/mol. The molecule has 156 valence electrons. The Morgan fingerprint density at radius 1 is 1.10 bits per heavy atom. The second kappa shape index (κ2) is 6.94. The maximum atomic E-state index is 15.2. The Morgan fingerprint density at radius 3 is 2.43 bits per heavy atom. The lowest BCUT2D eigenvalue weighted by molar-refractivity contribution is 0.401. The van der Waals surface area contributed by atoms with Crippen molar-refractivity contribution in [3.05, 3.63) is 60.9 Å². The van der Waals surface area contributed by atoms with E-state index in [2.05, 4.69) is 10.1 Å². The van der Waals surface area contributed by atoms with Crippen molar-refractivity contribution in [1.29, 1.82) is 0 Å². The van der Waals surface area contributed by atoms with Gasteiger partial charge in [-0.3, -0.25) is 4.40 Å². The van der Waals surface area contributed by atoms with Crippen molar-refractivity contribution in [2.75, 3.05) is 7.11 Å². The molecule has 0 saturated heterocycles. The first-order valence-electron chi connectivity index (χ1n) is 9.24. The Balaban J connectivity index is 1.93. The quantitative estimate of drug-likeness (QED) is 0.493. The molecule has 0 fully saturated rings. The van der Waals surface area contributed by atoms with Crippen molar-refractivity contribution >= 4 is 15.5 Å². The minimum atomic E-state index is -3.72. The van der Waals surface area contributed by atoms with Crippen LogP contribution in [0.25, 0.3) is 22.6 Å². The van der Waals surface area contributed by atoms with E-state index < -0.39 is 20.5 Å². The van der Waals surface area contributed by atoms with Gasteiger partial charge in [0.1, 0.15) is 16.3 Å². The van der Waals surface area contributed by atoms with Crippen LogP contribution in [0.2, 0.25) is 0 Å². The zero-order valence-corrected chi connectivity index (χ0v) is 17.8. The minimum Gasteiger partial charge on any atom is -0.495 e. The van der Waals surface area contributed by atoms with Crippen LogP contribution in [0.15, 0.2) is 59.9 Å². The average Bonchev–Trinajstić information content (AvgIpc) is 3.29. The summed E-state index contributed by atoms with van der Waals surface area (Å²) in [5, 5.41) is 4.15. The second-order valence-corrected chi connectivity index (χ2v) is 10.5. The van der Waals surface area contributed by atoms with Crippen LogP contribution >= 0.6 is 0 Å².